The molecule has 0 spiro atoms. The number of nitrogens with zero attached hydrogens (tertiary/aromatic N) is 2. The van der Waals surface area contributed by atoms with E-state index >= 15 is 0 Å². The van der Waals surface area contributed by atoms with Gasteiger partial charge in [0.25, 0.3) is 0 Å². The van der Waals surface area contributed by atoms with Crippen molar-refractivity contribution >= 4 is 11.6 Å². The van der Waals surface area contributed by atoms with Gasteiger partial charge >= 0.3 is 0 Å². The quantitative estimate of drug-likeness (QED) is 0.833. The number of aromatic nitrogens is 1. The first-order valence-corrected chi connectivity index (χ1v) is 6.08. The van der Waals surface area contributed by atoms with Gasteiger partial charge < -0.3 is 9.64 Å². The van der Waals surface area contributed by atoms with Crippen LogP contribution in [0.5, 0.6) is 5.88 Å². The molecule has 0 N–H and O–H groups in total. The van der Waals surface area contributed by atoms with Crippen molar-refractivity contribution in [1.29, 1.82) is 0 Å². The topological polar surface area (TPSA) is 25.4 Å². The molecule has 0 amide bonds. The van der Waals surface area contributed by atoms with Crippen molar-refractivity contribution in [1.82, 2.24) is 9.88 Å². The molecule has 0 bridgehead atoms. The Morgan fingerprint density at radius 1 is 1.53 bits per heavy atom. The summed E-state index contributed by atoms with van der Waals surface area (Å²) in [7, 11) is 2.00. The van der Waals surface area contributed by atoms with Crippen molar-refractivity contribution in [2.24, 2.45) is 0 Å². The Kier molecular flexibility index (Phi) is 3.84. The molecule has 94 valence electrons. The smallest absolute Gasteiger partial charge is 0.232 e. The SMILES string of the molecule is CN1CCC(F)(COc2ncccc2Cl)CC1. The molecule has 1 aromatic heterocycles. The lowest BCUT2D eigenvalue weighted by molar-refractivity contribution is 0.0230. The molecule has 0 aliphatic carbocycles. The summed E-state index contributed by atoms with van der Waals surface area (Å²) in [5.41, 5.74) is -1.26. The number of alkyl halides is 1. The minimum absolute atomic E-state index is 0.0254. The summed E-state index contributed by atoms with van der Waals surface area (Å²) in [6, 6.07) is 3.40. The maximum atomic E-state index is 14.3. The summed E-state index contributed by atoms with van der Waals surface area (Å²) in [4.78, 5) is 6.09. The zero-order valence-corrected chi connectivity index (χ0v) is 10.6. The van der Waals surface area contributed by atoms with Crippen LogP contribution < -0.4 is 4.74 Å². The van der Waals surface area contributed by atoms with Crippen molar-refractivity contribution < 1.29 is 9.13 Å². The second-order valence-corrected chi connectivity index (χ2v) is 4.94. The lowest BCUT2D eigenvalue weighted by atomic mass is 9.95. The average molecular weight is 259 g/mol. The molecule has 1 fully saturated rings. The van der Waals surface area contributed by atoms with E-state index in [2.05, 4.69) is 9.88 Å². The molecule has 0 atom stereocenters. The molecule has 3 nitrogen and oxygen atoms in total. The van der Waals surface area contributed by atoms with Crippen molar-refractivity contribution in [2.45, 2.75) is 18.5 Å². The molecule has 17 heavy (non-hydrogen) atoms. The van der Waals surface area contributed by atoms with Crippen LogP contribution in [0.2, 0.25) is 5.02 Å². The van der Waals surface area contributed by atoms with E-state index in [1.165, 1.54) is 0 Å². The van der Waals surface area contributed by atoms with Crippen molar-refractivity contribution in [3.05, 3.63) is 23.4 Å². The number of piperidine rings is 1. The van der Waals surface area contributed by atoms with E-state index in [0.29, 0.717) is 23.7 Å². The van der Waals surface area contributed by atoms with Gasteiger partial charge in [-0.25, -0.2) is 9.37 Å². The first kappa shape index (κ1) is 12.6. The van der Waals surface area contributed by atoms with Crippen LogP contribution in [0, 0.1) is 0 Å². The summed E-state index contributed by atoms with van der Waals surface area (Å²) >= 11 is 5.89. The number of halogens is 2. The second-order valence-electron chi connectivity index (χ2n) is 4.53. The van der Waals surface area contributed by atoms with Crippen LogP contribution in [-0.2, 0) is 0 Å². The summed E-state index contributed by atoms with van der Waals surface area (Å²) in [6.07, 6.45) is 2.57. The van der Waals surface area contributed by atoms with Crippen LogP contribution in [0.25, 0.3) is 0 Å². The van der Waals surface area contributed by atoms with Gasteiger partial charge in [-0.3, -0.25) is 0 Å². The van der Waals surface area contributed by atoms with Crippen LogP contribution in [0.4, 0.5) is 4.39 Å². The standard InChI is InChI=1S/C12H16ClFN2O/c1-16-7-4-12(14,5-8-16)9-17-11-10(13)3-2-6-15-11/h2-3,6H,4-5,7-9H2,1H3. The third kappa shape index (κ3) is 3.30. The maximum absolute atomic E-state index is 14.3. The average Bonchev–Trinajstić information content (AvgIpc) is 2.33. The zero-order valence-electron chi connectivity index (χ0n) is 9.83. The molecule has 5 heteroatoms. The normalized spacial score (nSPS) is 20.2. The molecular formula is C12H16ClFN2O. The van der Waals surface area contributed by atoms with E-state index in [1.807, 2.05) is 7.05 Å². The summed E-state index contributed by atoms with van der Waals surface area (Å²) < 4.78 is 19.7. The monoisotopic (exact) mass is 258 g/mol. The van der Waals surface area contributed by atoms with Crippen LogP contribution in [0.3, 0.4) is 0 Å². The molecule has 2 rings (SSSR count). The van der Waals surface area contributed by atoms with Gasteiger partial charge in [0, 0.05) is 19.3 Å². The Morgan fingerprint density at radius 3 is 2.88 bits per heavy atom. The van der Waals surface area contributed by atoms with Crippen LogP contribution in [-0.4, -0.2) is 42.3 Å². The van der Waals surface area contributed by atoms with Crippen molar-refractivity contribution in [2.75, 3.05) is 26.7 Å². The number of likely N-dealkylation sites (tertiary alicyclic amines) is 1. The first-order valence-electron chi connectivity index (χ1n) is 5.70. The Morgan fingerprint density at radius 2 is 2.24 bits per heavy atom. The Balaban J connectivity index is 1.92. The van der Waals surface area contributed by atoms with Gasteiger partial charge in [0.1, 0.15) is 17.3 Å². The van der Waals surface area contributed by atoms with E-state index in [1.54, 1.807) is 18.3 Å². The summed E-state index contributed by atoms with van der Waals surface area (Å²) in [5.74, 6) is 0.310. The second kappa shape index (κ2) is 5.19. The number of pyridine rings is 1. The first-order chi connectivity index (χ1) is 8.09. The van der Waals surface area contributed by atoms with Gasteiger partial charge in [-0.15, -0.1) is 0 Å². The summed E-state index contributed by atoms with van der Waals surface area (Å²) in [5, 5.41) is 0.420. The van der Waals surface area contributed by atoms with Gasteiger partial charge in [-0.2, -0.15) is 0 Å². The van der Waals surface area contributed by atoms with Crippen LogP contribution >= 0.6 is 11.6 Å². The third-order valence-corrected chi connectivity index (χ3v) is 3.36. The number of hydrogen-bond acceptors (Lipinski definition) is 3. The molecule has 1 aliphatic rings. The van der Waals surface area contributed by atoms with Gasteiger partial charge in [-0.05, 0) is 32.0 Å². The van der Waals surface area contributed by atoms with E-state index in [0.717, 1.165) is 13.1 Å². The Hall–Kier alpha value is -0.870. The highest BCUT2D eigenvalue weighted by Gasteiger charge is 2.34. The van der Waals surface area contributed by atoms with Gasteiger partial charge in [-0.1, -0.05) is 11.6 Å². The van der Waals surface area contributed by atoms with E-state index < -0.39 is 5.67 Å². The minimum atomic E-state index is -1.26. The molecule has 1 aliphatic heterocycles. The highest BCUT2D eigenvalue weighted by Crippen LogP contribution is 2.28. The fraction of sp³-hybridized carbons (Fsp3) is 0.583. The number of ether oxygens (including phenoxy) is 1. The lowest BCUT2D eigenvalue weighted by Crippen LogP contribution is -2.43. The van der Waals surface area contributed by atoms with E-state index in [4.69, 9.17) is 16.3 Å². The van der Waals surface area contributed by atoms with Crippen LogP contribution in [0.15, 0.2) is 18.3 Å². The Bertz CT molecular complexity index is 381. The minimum Gasteiger partial charge on any atom is -0.473 e. The number of hydrogen-bond donors (Lipinski definition) is 0. The molecule has 1 saturated heterocycles. The maximum Gasteiger partial charge on any atom is 0.232 e. The highest BCUT2D eigenvalue weighted by molar-refractivity contribution is 6.31. The number of rotatable bonds is 3. The van der Waals surface area contributed by atoms with Gasteiger partial charge in [0.15, 0.2) is 0 Å². The van der Waals surface area contributed by atoms with Crippen molar-refractivity contribution in [3.8, 4) is 5.88 Å². The Labute approximate surface area is 106 Å². The lowest BCUT2D eigenvalue weighted by Gasteiger charge is -2.33. The molecule has 0 saturated carbocycles. The highest BCUT2D eigenvalue weighted by atomic mass is 35.5. The fourth-order valence-electron chi connectivity index (χ4n) is 1.84. The molecule has 0 aromatic carbocycles. The van der Waals surface area contributed by atoms with Crippen molar-refractivity contribution in [3.63, 3.8) is 0 Å². The zero-order chi connectivity index (χ0) is 12.3. The fourth-order valence-corrected chi connectivity index (χ4v) is 2.01. The van der Waals surface area contributed by atoms with Gasteiger partial charge in [0.2, 0.25) is 5.88 Å². The molecule has 1 aromatic rings. The predicted octanol–water partition coefficient (Wildman–Crippen LogP) is 2.55. The molecule has 0 radical (unpaired) electrons. The van der Waals surface area contributed by atoms with Crippen LogP contribution in [0.1, 0.15) is 12.8 Å². The van der Waals surface area contributed by atoms with Gasteiger partial charge in [0.05, 0.1) is 0 Å². The third-order valence-electron chi connectivity index (χ3n) is 3.08. The molecule has 0 unspecified atom stereocenters. The summed E-state index contributed by atoms with van der Waals surface area (Å²) in [6.45, 7) is 1.54. The van der Waals surface area contributed by atoms with E-state index in [9.17, 15) is 4.39 Å². The predicted molar refractivity (Wildman–Crippen MR) is 65.3 cm³/mol. The van der Waals surface area contributed by atoms with E-state index in [-0.39, 0.29) is 6.61 Å². The largest absolute Gasteiger partial charge is 0.473 e. The molecular weight excluding hydrogens is 243 g/mol. The molecule has 2 heterocycles.